The maximum atomic E-state index is 10.1. The maximum absolute atomic E-state index is 10.1. The molecule has 0 atom stereocenters. The Morgan fingerprint density at radius 2 is 1.14 bits per heavy atom. The van der Waals surface area contributed by atoms with Gasteiger partial charge in [-0.3, -0.25) is 0 Å². The molecule has 0 radical (unpaired) electrons. The van der Waals surface area contributed by atoms with Crippen LogP contribution < -0.4 is 4.74 Å². The molecule has 0 aliphatic heterocycles. The highest BCUT2D eigenvalue weighted by atomic mass is 16.5. The summed E-state index contributed by atoms with van der Waals surface area (Å²) in [6, 6.07) is 6.43. The molecule has 1 fully saturated rings. The molecule has 2 rings (SSSR count). The van der Waals surface area contributed by atoms with E-state index in [0.717, 1.165) is 18.6 Å². The Bertz CT molecular complexity index is 505. The molecule has 1 aliphatic carbocycles. The number of ether oxygens (including phenoxy) is 1. The van der Waals surface area contributed by atoms with Crippen molar-refractivity contribution in [3.8, 4) is 5.75 Å². The van der Waals surface area contributed by atoms with Crippen molar-refractivity contribution in [2.24, 2.45) is 0 Å². The van der Waals surface area contributed by atoms with Gasteiger partial charge in [0, 0.05) is 0 Å². The molecule has 2 heteroatoms. The minimum absolute atomic E-state index is 0.0538. The van der Waals surface area contributed by atoms with E-state index in [1.807, 2.05) is 0 Å². The normalized spacial score (nSPS) is 24.8. The van der Waals surface area contributed by atoms with Gasteiger partial charge in [0.05, 0.1) is 12.2 Å². The topological polar surface area (TPSA) is 29.5 Å². The first kappa shape index (κ1) is 23.3. The monoisotopic (exact) mass is 388 g/mol. The third-order valence-corrected chi connectivity index (χ3v) is 6.48. The minimum atomic E-state index is -0.0538. The molecule has 1 aromatic rings. The standard InChI is InChI=1S/C26H44O2/c1-22-16-15-21-26(23(22)2)28-25-19-13-9-5-3-7-11-17-24(27)18-12-8-4-6-10-14-20-25/h15-16,21,24-25,27H,3-14,17-20H2,1-2H3. The Morgan fingerprint density at radius 1 is 0.679 bits per heavy atom. The zero-order valence-corrected chi connectivity index (χ0v) is 18.6. The van der Waals surface area contributed by atoms with Crippen molar-refractivity contribution >= 4 is 0 Å². The molecule has 1 N–H and O–H groups in total. The summed E-state index contributed by atoms with van der Waals surface area (Å²) in [4.78, 5) is 0. The molecule has 0 aromatic heterocycles. The fourth-order valence-corrected chi connectivity index (χ4v) is 4.36. The van der Waals surface area contributed by atoms with E-state index in [4.69, 9.17) is 4.74 Å². The van der Waals surface area contributed by atoms with Crippen LogP contribution in [0.4, 0.5) is 0 Å². The number of hydrogen-bond acceptors (Lipinski definition) is 2. The lowest BCUT2D eigenvalue weighted by Crippen LogP contribution is -2.17. The summed E-state index contributed by atoms with van der Waals surface area (Å²) in [6.07, 6.45) is 20.1. The summed E-state index contributed by atoms with van der Waals surface area (Å²) < 4.78 is 6.49. The Labute approximate surface area is 174 Å². The number of aryl methyl sites for hydroxylation is 1. The second kappa shape index (κ2) is 14.0. The van der Waals surface area contributed by atoms with Crippen molar-refractivity contribution in [2.45, 2.75) is 129 Å². The van der Waals surface area contributed by atoms with Crippen LogP contribution >= 0.6 is 0 Å². The third-order valence-electron chi connectivity index (χ3n) is 6.48. The fourth-order valence-electron chi connectivity index (χ4n) is 4.36. The molecule has 1 aliphatic rings. The second-order valence-corrected chi connectivity index (χ2v) is 8.99. The first-order chi connectivity index (χ1) is 13.7. The van der Waals surface area contributed by atoms with Gasteiger partial charge in [0.2, 0.25) is 0 Å². The van der Waals surface area contributed by atoms with Gasteiger partial charge in [-0.2, -0.15) is 0 Å². The summed E-state index contributed by atoms with van der Waals surface area (Å²) in [7, 11) is 0. The van der Waals surface area contributed by atoms with Crippen molar-refractivity contribution < 1.29 is 9.84 Å². The predicted molar refractivity (Wildman–Crippen MR) is 120 cm³/mol. The van der Waals surface area contributed by atoms with Crippen LogP contribution in [-0.4, -0.2) is 17.3 Å². The molecular weight excluding hydrogens is 344 g/mol. The van der Waals surface area contributed by atoms with Gasteiger partial charge in [0.25, 0.3) is 0 Å². The van der Waals surface area contributed by atoms with E-state index in [1.54, 1.807) is 0 Å². The predicted octanol–water partition coefficient (Wildman–Crippen LogP) is 7.67. The largest absolute Gasteiger partial charge is 0.490 e. The lowest BCUT2D eigenvalue weighted by molar-refractivity contribution is 0.146. The van der Waals surface area contributed by atoms with Crippen LogP contribution in [0.1, 0.15) is 114 Å². The smallest absolute Gasteiger partial charge is 0.122 e. The average molecular weight is 389 g/mol. The van der Waals surface area contributed by atoms with Gasteiger partial charge in [-0.1, -0.05) is 76.3 Å². The molecule has 0 bridgehead atoms. The zero-order valence-electron chi connectivity index (χ0n) is 18.6. The van der Waals surface area contributed by atoms with Crippen molar-refractivity contribution in [1.29, 1.82) is 0 Å². The quantitative estimate of drug-likeness (QED) is 0.563. The summed E-state index contributed by atoms with van der Waals surface area (Å²) >= 11 is 0. The fraction of sp³-hybridized carbons (Fsp3) is 0.769. The van der Waals surface area contributed by atoms with E-state index in [1.165, 1.54) is 101 Å². The van der Waals surface area contributed by atoms with E-state index < -0.39 is 0 Å². The maximum Gasteiger partial charge on any atom is 0.122 e. The Morgan fingerprint density at radius 3 is 1.68 bits per heavy atom. The number of rotatable bonds is 2. The summed E-state index contributed by atoms with van der Waals surface area (Å²) in [5.74, 6) is 1.09. The van der Waals surface area contributed by atoms with Crippen LogP contribution in [0.5, 0.6) is 5.75 Å². The van der Waals surface area contributed by atoms with E-state index in [9.17, 15) is 5.11 Å². The van der Waals surface area contributed by atoms with E-state index in [0.29, 0.717) is 6.10 Å². The van der Waals surface area contributed by atoms with Crippen molar-refractivity contribution in [3.05, 3.63) is 29.3 Å². The van der Waals surface area contributed by atoms with Crippen molar-refractivity contribution in [2.75, 3.05) is 0 Å². The van der Waals surface area contributed by atoms with Gasteiger partial charge >= 0.3 is 0 Å². The second-order valence-electron chi connectivity index (χ2n) is 8.99. The van der Waals surface area contributed by atoms with Crippen molar-refractivity contribution in [3.63, 3.8) is 0 Å². The third kappa shape index (κ3) is 9.45. The first-order valence-corrected chi connectivity index (χ1v) is 12.1. The molecule has 0 amide bonds. The minimum Gasteiger partial charge on any atom is -0.490 e. The van der Waals surface area contributed by atoms with Gasteiger partial charge < -0.3 is 9.84 Å². The van der Waals surface area contributed by atoms with E-state index in [2.05, 4.69) is 32.0 Å². The van der Waals surface area contributed by atoms with Crippen molar-refractivity contribution in [1.82, 2.24) is 0 Å². The van der Waals surface area contributed by atoms with Crippen LogP contribution in [0.3, 0.4) is 0 Å². The van der Waals surface area contributed by atoms with Gasteiger partial charge in [-0.15, -0.1) is 0 Å². The molecular formula is C26H44O2. The highest BCUT2D eigenvalue weighted by Crippen LogP contribution is 2.25. The molecule has 0 spiro atoms. The Hall–Kier alpha value is -1.02. The molecule has 28 heavy (non-hydrogen) atoms. The average Bonchev–Trinajstić information content (AvgIpc) is 2.68. The Kier molecular flexibility index (Phi) is 11.7. The first-order valence-electron chi connectivity index (χ1n) is 12.1. The molecule has 1 aromatic carbocycles. The highest BCUT2D eigenvalue weighted by molar-refractivity contribution is 5.38. The lowest BCUT2D eigenvalue weighted by atomic mass is 9.99. The number of benzene rings is 1. The summed E-state index contributed by atoms with van der Waals surface area (Å²) in [5.41, 5.74) is 2.62. The van der Waals surface area contributed by atoms with Gasteiger partial charge in [-0.05, 0) is 69.6 Å². The van der Waals surface area contributed by atoms with Crippen LogP contribution in [0.25, 0.3) is 0 Å². The van der Waals surface area contributed by atoms with Crippen LogP contribution in [0, 0.1) is 13.8 Å². The van der Waals surface area contributed by atoms with Crippen LogP contribution in [-0.2, 0) is 0 Å². The summed E-state index contributed by atoms with van der Waals surface area (Å²) in [5, 5.41) is 10.1. The zero-order chi connectivity index (χ0) is 20.0. The lowest BCUT2D eigenvalue weighted by Gasteiger charge is -2.21. The van der Waals surface area contributed by atoms with Crippen LogP contribution in [0.15, 0.2) is 18.2 Å². The van der Waals surface area contributed by atoms with Gasteiger partial charge in [0.1, 0.15) is 5.75 Å². The molecule has 2 nitrogen and oxygen atoms in total. The SMILES string of the molecule is Cc1cccc(OC2CCCCCCCCC(O)CCCCCCCC2)c1C. The molecule has 0 saturated heterocycles. The number of hydrogen-bond donors (Lipinski definition) is 1. The summed E-state index contributed by atoms with van der Waals surface area (Å²) in [6.45, 7) is 4.35. The molecule has 1 saturated carbocycles. The number of aliphatic hydroxyl groups is 1. The molecule has 0 unspecified atom stereocenters. The molecule has 160 valence electrons. The Balaban J connectivity index is 1.83. The van der Waals surface area contributed by atoms with Gasteiger partial charge in [-0.25, -0.2) is 0 Å². The van der Waals surface area contributed by atoms with E-state index >= 15 is 0 Å². The molecule has 0 heterocycles. The van der Waals surface area contributed by atoms with E-state index in [-0.39, 0.29) is 6.10 Å². The highest BCUT2D eigenvalue weighted by Gasteiger charge is 2.13. The number of aliphatic hydroxyl groups excluding tert-OH is 1. The van der Waals surface area contributed by atoms with Gasteiger partial charge in [0.15, 0.2) is 0 Å². The van der Waals surface area contributed by atoms with Crippen LogP contribution in [0.2, 0.25) is 0 Å².